The summed E-state index contributed by atoms with van der Waals surface area (Å²) in [5.41, 5.74) is 1.49. The molecular formula is C15H20. The van der Waals surface area contributed by atoms with E-state index in [0.29, 0.717) is 17.8 Å². The van der Waals surface area contributed by atoms with Crippen LogP contribution in [-0.2, 0) is 0 Å². The number of hydrogen-bond donors (Lipinski definition) is 0. The Bertz CT molecular complexity index is 336. The van der Waals surface area contributed by atoms with Crippen LogP contribution in [0.1, 0.15) is 32.3 Å². The molecule has 1 aromatic carbocycles. The highest BCUT2D eigenvalue weighted by atomic mass is 14.3. The van der Waals surface area contributed by atoms with Crippen LogP contribution >= 0.6 is 0 Å². The molecule has 0 heteroatoms. The van der Waals surface area contributed by atoms with Crippen molar-refractivity contribution in [3.63, 3.8) is 0 Å². The lowest BCUT2D eigenvalue weighted by Gasteiger charge is -2.35. The van der Waals surface area contributed by atoms with Crippen molar-refractivity contribution in [3.8, 4) is 0 Å². The van der Waals surface area contributed by atoms with Crippen molar-refractivity contribution in [1.82, 2.24) is 0 Å². The Morgan fingerprint density at radius 2 is 1.40 bits per heavy atom. The highest BCUT2D eigenvalue weighted by Gasteiger charge is 2.29. The van der Waals surface area contributed by atoms with E-state index in [4.69, 9.17) is 0 Å². The number of hydrogen-bond acceptors (Lipinski definition) is 0. The van der Waals surface area contributed by atoms with E-state index < -0.39 is 0 Å². The Balaban J connectivity index is 2.32. The Labute approximate surface area is 93.0 Å². The molecule has 0 aromatic heterocycles. The van der Waals surface area contributed by atoms with Crippen molar-refractivity contribution in [1.29, 1.82) is 0 Å². The molecule has 0 spiro atoms. The van der Waals surface area contributed by atoms with Gasteiger partial charge in [-0.05, 0) is 29.2 Å². The minimum atomic E-state index is 0.665. The van der Waals surface area contributed by atoms with Crippen molar-refractivity contribution in [3.05, 3.63) is 48.0 Å². The molecule has 0 bridgehead atoms. The van der Waals surface area contributed by atoms with Crippen LogP contribution in [0.15, 0.2) is 42.5 Å². The van der Waals surface area contributed by atoms with Gasteiger partial charge in [-0.25, -0.2) is 0 Å². The molecule has 0 saturated heterocycles. The van der Waals surface area contributed by atoms with Crippen LogP contribution in [0.2, 0.25) is 0 Å². The first-order chi connectivity index (χ1) is 7.20. The van der Waals surface area contributed by atoms with Gasteiger partial charge in [-0.1, -0.05) is 63.3 Å². The van der Waals surface area contributed by atoms with Crippen LogP contribution in [0.4, 0.5) is 0 Å². The third-order valence-corrected chi connectivity index (χ3v) is 3.86. The summed E-state index contributed by atoms with van der Waals surface area (Å²) in [6.45, 7) is 7.03. The van der Waals surface area contributed by atoms with Crippen molar-refractivity contribution < 1.29 is 0 Å². The van der Waals surface area contributed by atoms with Gasteiger partial charge in [-0.15, -0.1) is 0 Å². The van der Waals surface area contributed by atoms with Gasteiger partial charge < -0.3 is 0 Å². The van der Waals surface area contributed by atoms with Gasteiger partial charge in [0.1, 0.15) is 0 Å². The van der Waals surface area contributed by atoms with Gasteiger partial charge in [0, 0.05) is 0 Å². The maximum absolute atomic E-state index is 2.38. The second-order valence-corrected chi connectivity index (χ2v) is 4.90. The zero-order valence-electron chi connectivity index (χ0n) is 9.85. The first-order valence-electron chi connectivity index (χ1n) is 5.93. The van der Waals surface area contributed by atoms with Crippen LogP contribution in [0.3, 0.4) is 0 Å². The molecule has 1 aromatic rings. The normalized spacial score (nSPS) is 35.4. The van der Waals surface area contributed by atoms with Crippen molar-refractivity contribution in [2.24, 2.45) is 17.8 Å². The molecule has 0 radical (unpaired) electrons. The summed E-state index contributed by atoms with van der Waals surface area (Å²) in [5.74, 6) is 2.80. The Kier molecular flexibility index (Phi) is 2.95. The van der Waals surface area contributed by atoms with E-state index in [0.717, 1.165) is 5.92 Å². The maximum atomic E-state index is 2.38. The highest BCUT2D eigenvalue weighted by molar-refractivity contribution is 5.24. The topological polar surface area (TPSA) is 0 Å². The molecule has 1 aliphatic rings. The summed E-state index contributed by atoms with van der Waals surface area (Å²) >= 11 is 0. The lowest BCUT2D eigenvalue weighted by Crippen LogP contribution is -2.25. The lowest BCUT2D eigenvalue weighted by molar-refractivity contribution is 0.306. The minimum absolute atomic E-state index is 0.665. The van der Waals surface area contributed by atoms with Crippen LogP contribution in [-0.4, -0.2) is 0 Å². The molecule has 2 rings (SSSR count). The molecule has 0 amide bonds. The van der Waals surface area contributed by atoms with Gasteiger partial charge in [0.25, 0.3) is 0 Å². The molecule has 15 heavy (non-hydrogen) atoms. The molecule has 0 aliphatic heterocycles. The summed E-state index contributed by atoms with van der Waals surface area (Å²) in [6, 6.07) is 10.9. The van der Waals surface area contributed by atoms with Gasteiger partial charge in [-0.3, -0.25) is 0 Å². The molecule has 0 heterocycles. The number of rotatable bonds is 1. The van der Waals surface area contributed by atoms with Gasteiger partial charge >= 0.3 is 0 Å². The average Bonchev–Trinajstić information content (AvgIpc) is 2.26. The summed E-state index contributed by atoms with van der Waals surface area (Å²) in [5, 5.41) is 0. The largest absolute Gasteiger partial charge is 0.0851 e. The first-order valence-corrected chi connectivity index (χ1v) is 5.93. The van der Waals surface area contributed by atoms with Gasteiger partial charge in [0.05, 0.1) is 0 Å². The molecule has 2 unspecified atom stereocenters. The summed E-state index contributed by atoms with van der Waals surface area (Å²) < 4.78 is 0. The van der Waals surface area contributed by atoms with Gasteiger partial charge in [0.2, 0.25) is 0 Å². The zero-order valence-corrected chi connectivity index (χ0v) is 9.85. The second-order valence-electron chi connectivity index (χ2n) is 4.90. The van der Waals surface area contributed by atoms with Crippen LogP contribution in [0.5, 0.6) is 0 Å². The summed E-state index contributed by atoms with van der Waals surface area (Å²) in [6.07, 6.45) is 4.75. The second kappa shape index (κ2) is 4.22. The van der Waals surface area contributed by atoms with Crippen molar-refractivity contribution in [2.75, 3.05) is 0 Å². The van der Waals surface area contributed by atoms with Gasteiger partial charge in [0.15, 0.2) is 0 Å². The van der Waals surface area contributed by atoms with E-state index in [2.05, 4.69) is 63.3 Å². The third-order valence-electron chi connectivity index (χ3n) is 3.86. The lowest BCUT2D eigenvalue weighted by atomic mass is 9.70. The zero-order chi connectivity index (χ0) is 10.8. The molecule has 4 atom stereocenters. The third kappa shape index (κ3) is 1.99. The standard InChI is InChI=1S/C15H20/c1-11-9-10-12(2)15(13(11)3)14-7-5-4-6-8-14/h4-13,15H,1-3H3/t11-,12-,13?,15?/m1/s1. The summed E-state index contributed by atoms with van der Waals surface area (Å²) in [4.78, 5) is 0. The fraction of sp³-hybridized carbons (Fsp3) is 0.467. The molecule has 0 nitrogen and oxygen atoms in total. The fourth-order valence-electron chi connectivity index (χ4n) is 2.73. The minimum Gasteiger partial charge on any atom is -0.0851 e. The highest BCUT2D eigenvalue weighted by Crippen LogP contribution is 2.40. The molecule has 0 fully saturated rings. The first kappa shape index (κ1) is 10.5. The van der Waals surface area contributed by atoms with Crippen LogP contribution in [0.25, 0.3) is 0 Å². The molecule has 80 valence electrons. The molecule has 1 aliphatic carbocycles. The van der Waals surface area contributed by atoms with Crippen molar-refractivity contribution >= 4 is 0 Å². The number of benzene rings is 1. The monoisotopic (exact) mass is 200 g/mol. The van der Waals surface area contributed by atoms with Crippen LogP contribution < -0.4 is 0 Å². The summed E-state index contributed by atoms with van der Waals surface area (Å²) in [7, 11) is 0. The predicted molar refractivity (Wildman–Crippen MR) is 65.8 cm³/mol. The average molecular weight is 200 g/mol. The Morgan fingerprint density at radius 3 is 2.07 bits per heavy atom. The van der Waals surface area contributed by atoms with Crippen LogP contribution in [0, 0.1) is 17.8 Å². The van der Waals surface area contributed by atoms with E-state index in [1.165, 1.54) is 5.56 Å². The smallest absolute Gasteiger partial charge is 0.00704 e. The molecule has 0 N–H and O–H groups in total. The van der Waals surface area contributed by atoms with Gasteiger partial charge in [-0.2, -0.15) is 0 Å². The predicted octanol–water partition coefficient (Wildman–Crippen LogP) is 4.25. The van der Waals surface area contributed by atoms with E-state index in [1.807, 2.05) is 0 Å². The SMILES string of the molecule is CC1C(c2ccccc2)[C@H](C)C=C[C@H]1C. The van der Waals surface area contributed by atoms with E-state index in [-0.39, 0.29) is 0 Å². The van der Waals surface area contributed by atoms with Crippen molar-refractivity contribution in [2.45, 2.75) is 26.7 Å². The number of allylic oxidation sites excluding steroid dienone is 2. The Morgan fingerprint density at radius 1 is 0.800 bits per heavy atom. The maximum Gasteiger partial charge on any atom is -0.00704 e. The van der Waals surface area contributed by atoms with E-state index >= 15 is 0 Å². The van der Waals surface area contributed by atoms with E-state index in [1.54, 1.807) is 0 Å². The fourth-order valence-corrected chi connectivity index (χ4v) is 2.73. The van der Waals surface area contributed by atoms with E-state index in [9.17, 15) is 0 Å². The molecule has 0 saturated carbocycles. The quantitative estimate of drug-likeness (QED) is 0.594. The molecular weight excluding hydrogens is 180 g/mol. The Hall–Kier alpha value is -1.04.